The summed E-state index contributed by atoms with van der Waals surface area (Å²) in [5.41, 5.74) is -1.29. The van der Waals surface area contributed by atoms with Crippen molar-refractivity contribution in [1.82, 2.24) is 10.3 Å². The first kappa shape index (κ1) is 11.5. The van der Waals surface area contributed by atoms with Crippen LogP contribution in [0.1, 0.15) is 24.2 Å². The van der Waals surface area contributed by atoms with Gasteiger partial charge in [-0.05, 0) is 13.8 Å². The van der Waals surface area contributed by atoms with Crippen molar-refractivity contribution in [1.29, 1.82) is 0 Å². The number of H-pyrrole nitrogens is 1. The van der Waals surface area contributed by atoms with Gasteiger partial charge in [-0.1, -0.05) is 0 Å². The average Bonchev–Trinajstić information content (AvgIpc) is 2.14. The summed E-state index contributed by atoms with van der Waals surface area (Å²) in [7, 11) is 0. The molecule has 0 saturated heterocycles. The molecule has 0 atom stereocenters. The Morgan fingerprint density at radius 1 is 1.60 bits per heavy atom. The van der Waals surface area contributed by atoms with Crippen molar-refractivity contribution in [3.05, 3.63) is 34.2 Å². The van der Waals surface area contributed by atoms with Gasteiger partial charge in [0.05, 0.1) is 5.60 Å². The van der Waals surface area contributed by atoms with Crippen LogP contribution in [-0.2, 0) is 0 Å². The zero-order valence-electron chi connectivity index (χ0n) is 8.70. The van der Waals surface area contributed by atoms with E-state index in [1.54, 1.807) is 13.8 Å². The predicted octanol–water partition coefficient (Wildman–Crippen LogP) is -0.124. The summed E-state index contributed by atoms with van der Waals surface area (Å²) in [6.45, 7) is 3.24. The van der Waals surface area contributed by atoms with Crippen molar-refractivity contribution >= 4 is 5.91 Å². The number of amides is 1. The molecule has 0 radical (unpaired) electrons. The lowest BCUT2D eigenvalue weighted by Gasteiger charge is -2.17. The van der Waals surface area contributed by atoms with E-state index in [0.717, 1.165) is 0 Å². The molecule has 0 aromatic carbocycles. The highest BCUT2D eigenvalue weighted by Crippen LogP contribution is 1.98. The molecule has 0 spiro atoms. The molecule has 1 aromatic heterocycles. The number of nitrogens with one attached hydrogen (secondary N) is 2. The fourth-order valence-electron chi connectivity index (χ4n) is 0.985. The van der Waals surface area contributed by atoms with Gasteiger partial charge >= 0.3 is 0 Å². The monoisotopic (exact) mass is 210 g/mol. The molecule has 3 N–H and O–H groups in total. The number of hydrogen-bond donors (Lipinski definition) is 3. The van der Waals surface area contributed by atoms with Crippen molar-refractivity contribution in [2.45, 2.75) is 19.4 Å². The number of hydrogen-bond acceptors (Lipinski definition) is 3. The Balaban J connectivity index is 2.71. The van der Waals surface area contributed by atoms with Gasteiger partial charge in [0.1, 0.15) is 5.56 Å². The Bertz CT molecular complexity index is 404. The fourth-order valence-corrected chi connectivity index (χ4v) is 0.985. The summed E-state index contributed by atoms with van der Waals surface area (Å²) in [5, 5.41) is 11.9. The first-order valence-electron chi connectivity index (χ1n) is 4.58. The topological polar surface area (TPSA) is 82.2 Å². The number of carbonyl (C=O) groups excluding carboxylic acids is 1. The first-order chi connectivity index (χ1) is 6.90. The van der Waals surface area contributed by atoms with Crippen molar-refractivity contribution in [2.24, 2.45) is 0 Å². The van der Waals surface area contributed by atoms with Crippen LogP contribution in [0.25, 0.3) is 0 Å². The molecular weight excluding hydrogens is 196 g/mol. The van der Waals surface area contributed by atoms with E-state index in [0.29, 0.717) is 0 Å². The van der Waals surface area contributed by atoms with Gasteiger partial charge in [-0.2, -0.15) is 0 Å². The van der Waals surface area contributed by atoms with Crippen molar-refractivity contribution in [3.63, 3.8) is 0 Å². The molecule has 1 heterocycles. The van der Waals surface area contributed by atoms with Gasteiger partial charge in [0.2, 0.25) is 0 Å². The summed E-state index contributed by atoms with van der Waals surface area (Å²) in [5.74, 6) is -0.487. The summed E-state index contributed by atoms with van der Waals surface area (Å²) in [6.07, 6.45) is 2.79. The molecule has 82 valence electrons. The van der Waals surface area contributed by atoms with E-state index in [9.17, 15) is 14.7 Å². The lowest BCUT2D eigenvalue weighted by molar-refractivity contribution is 0.0693. The fraction of sp³-hybridized carbons (Fsp3) is 0.400. The lowest BCUT2D eigenvalue weighted by Crippen LogP contribution is -2.39. The Morgan fingerprint density at radius 3 is 2.80 bits per heavy atom. The van der Waals surface area contributed by atoms with Gasteiger partial charge < -0.3 is 15.4 Å². The molecule has 5 nitrogen and oxygen atoms in total. The Labute approximate surface area is 87.1 Å². The van der Waals surface area contributed by atoms with E-state index < -0.39 is 11.5 Å². The number of pyridine rings is 1. The minimum atomic E-state index is -0.989. The number of aromatic amines is 1. The lowest BCUT2D eigenvalue weighted by atomic mass is 10.1. The molecule has 0 aliphatic rings. The van der Waals surface area contributed by atoms with Gasteiger partial charge in [0.25, 0.3) is 5.91 Å². The van der Waals surface area contributed by atoms with Gasteiger partial charge in [0, 0.05) is 25.0 Å². The molecule has 0 saturated carbocycles. The van der Waals surface area contributed by atoms with Crippen LogP contribution in [0.4, 0.5) is 0 Å². The molecular formula is C10H14N2O3. The number of carbonyl (C=O) groups is 1. The Morgan fingerprint density at radius 2 is 2.27 bits per heavy atom. The maximum absolute atomic E-state index is 11.5. The molecule has 0 bridgehead atoms. The Kier molecular flexibility index (Phi) is 3.26. The van der Waals surface area contributed by atoms with Crippen LogP contribution in [-0.4, -0.2) is 28.1 Å². The average molecular weight is 210 g/mol. The third-order valence-electron chi connectivity index (χ3n) is 1.75. The van der Waals surface area contributed by atoms with E-state index in [-0.39, 0.29) is 17.5 Å². The molecule has 0 unspecified atom stereocenters. The predicted molar refractivity (Wildman–Crippen MR) is 55.7 cm³/mol. The zero-order chi connectivity index (χ0) is 11.5. The van der Waals surface area contributed by atoms with Crippen LogP contribution in [0.3, 0.4) is 0 Å². The highest BCUT2D eigenvalue weighted by molar-refractivity contribution is 5.93. The van der Waals surface area contributed by atoms with Crippen LogP contribution >= 0.6 is 0 Å². The SMILES string of the molecule is CC(C)(O)CNC(=O)c1c[nH]ccc1=O. The number of aromatic nitrogens is 1. The molecule has 0 fully saturated rings. The molecule has 0 aliphatic heterocycles. The molecule has 0 aliphatic carbocycles. The van der Waals surface area contributed by atoms with Gasteiger partial charge in [-0.25, -0.2) is 0 Å². The zero-order valence-corrected chi connectivity index (χ0v) is 8.70. The van der Waals surface area contributed by atoms with Gasteiger partial charge in [-0.3, -0.25) is 9.59 Å². The van der Waals surface area contributed by atoms with Crippen molar-refractivity contribution in [2.75, 3.05) is 6.54 Å². The second kappa shape index (κ2) is 4.27. The standard InChI is InChI=1S/C10H14N2O3/c1-10(2,15)6-12-9(14)7-5-11-4-3-8(7)13/h3-5,15H,6H2,1-2H3,(H,11,13)(H,12,14). The number of rotatable bonds is 3. The highest BCUT2D eigenvalue weighted by Gasteiger charge is 2.15. The van der Waals surface area contributed by atoms with E-state index in [1.807, 2.05) is 0 Å². The molecule has 15 heavy (non-hydrogen) atoms. The van der Waals surface area contributed by atoms with Gasteiger partial charge in [-0.15, -0.1) is 0 Å². The summed E-state index contributed by atoms with van der Waals surface area (Å²) >= 11 is 0. The third-order valence-corrected chi connectivity index (χ3v) is 1.75. The smallest absolute Gasteiger partial charge is 0.256 e. The summed E-state index contributed by atoms with van der Waals surface area (Å²) < 4.78 is 0. The highest BCUT2D eigenvalue weighted by atomic mass is 16.3. The van der Waals surface area contributed by atoms with Gasteiger partial charge in [0.15, 0.2) is 5.43 Å². The first-order valence-corrected chi connectivity index (χ1v) is 4.58. The second-order valence-corrected chi connectivity index (χ2v) is 3.92. The largest absolute Gasteiger partial charge is 0.389 e. The van der Waals surface area contributed by atoms with Crippen LogP contribution in [0.5, 0.6) is 0 Å². The van der Waals surface area contributed by atoms with E-state index >= 15 is 0 Å². The van der Waals surface area contributed by atoms with E-state index in [2.05, 4.69) is 10.3 Å². The summed E-state index contributed by atoms with van der Waals surface area (Å²) in [4.78, 5) is 25.4. The van der Waals surface area contributed by atoms with E-state index in [4.69, 9.17) is 0 Å². The molecule has 1 rings (SSSR count). The number of aliphatic hydroxyl groups is 1. The minimum Gasteiger partial charge on any atom is -0.389 e. The van der Waals surface area contributed by atoms with Crippen LogP contribution < -0.4 is 10.7 Å². The van der Waals surface area contributed by atoms with Crippen LogP contribution in [0.15, 0.2) is 23.3 Å². The second-order valence-electron chi connectivity index (χ2n) is 3.92. The maximum Gasteiger partial charge on any atom is 0.256 e. The normalized spacial score (nSPS) is 11.1. The van der Waals surface area contributed by atoms with Crippen LogP contribution in [0.2, 0.25) is 0 Å². The van der Waals surface area contributed by atoms with E-state index in [1.165, 1.54) is 18.5 Å². The quantitative estimate of drug-likeness (QED) is 0.650. The molecule has 5 heteroatoms. The molecule has 1 aromatic rings. The van der Waals surface area contributed by atoms with Crippen molar-refractivity contribution in [3.8, 4) is 0 Å². The maximum atomic E-state index is 11.5. The minimum absolute atomic E-state index is 0.0433. The van der Waals surface area contributed by atoms with Crippen molar-refractivity contribution < 1.29 is 9.90 Å². The van der Waals surface area contributed by atoms with Crippen LogP contribution in [0, 0.1) is 0 Å². The Hall–Kier alpha value is -1.62. The summed E-state index contributed by atoms with van der Waals surface area (Å²) in [6, 6.07) is 1.28. The molecule has 1 amide bonds. The third kappa shape index (κ3) is 3.55.